The van der Waals surface area contributed by atoms with Crippen LogP contribution in [0.25, 0.3) is 16.8 Å². The molecule has 3 rings (SSSR count). The number of benzene rings is 2. The highest BCUT2D eigenvalue weighted by Crippen LogP contribution is 2.31. The van der Waals surface area contributed by atoms with Crippen molar-refractivity contribution in [1.82, 2.24) is 14.3 Å². The van der Waals surface area contributed by atoms with Gasteiger partial charge in [0.05, 0.1) is 28.2 Å². The Morgan fingerprint density at radius 2 is 1.82 bits per heavy atom. The van der Waals surface area contributed by atoms with Gasteiger partial charge in [-0.25, -0.2) is 13.4 Å². The van der Waals surface area contributed by atoms with Crippen molar-refractivity contribution in [1.29, 1.82) is 0 Å². The summed E-state index contributed by atoms with van der Waals surface area (Å²) in [5.74, 6) is -0.250. The average Bonchev–Trinajstić information content (AvgIpc) is 2.89. The molecule has 0 saturated heterocycles. The summed E-state index contributed by atoms with van der Waals surface area (Å²) < 4.78 is 28.2. The summed E-state index contributed by atoms with van der Waals surface area (Å²) >= 11 is 0. The summed E-state index contributed by atoms with van der Waals surface area (Å²) in [7, 11) is -2.11. The molecule has 0 bridgehead atoms. The Labute approximate surface area is 232 Å². The zero-order chi connectivity index (χ0) is 29.0. The van der Waals surface area contributed by atoms with Crippen molar-refractivity contribution in [3.63, 3.8) is 0 Å². The molecule has 0 atom stereocenters. The molecule has 1 amide bonds. The number of rotatable bonds is 9. The first-order valence-corrected chi connectivity index (χ1v) is 14.4. The molecular formula is C31H38N4O3S. The van der Waals surface area contributed by atoms with Crippen molar-refractivity contribution in [2.45, 2.75) is 64.8 Å². The maximum atomic E-state index is 13.4. The molecule has 1 aromatic heterocycles. The minimum absolute atomic E-state index is 0.225. The van der Waals surface area contributed by atoms with Crippen LogP contribution in [0.1, 0.15) is 64.4 Å². The second-order valence-electron chi connectivity index (χ2n) is 10.6. The molecule has 0 aliphatic rings. The van der Waals surface area contributed by atoms with Gasteiger partial charge in [-0.3, -0.25) is 9.78 Å². The largest absolute Gasteiger partial charge is 0.322 e. The maximum absolute atomic E-state index is 13.4. The van der Waals surface area contributed by atoms with Gasteiger partial charge in [0.15, 0.2) is 0 Å². The van der Waals surface area contributed by atoms with E-state index in [0.717, 1.165) is 35.2 Å². The van der Waals surface area contributed by atoms with E-state index in [4.69, 9.17) is 4.98 Å². The van der Waals surface area contributed by atoms with Gasteiger partial charge < -0.3 is 5.32 Å². The van der Waals surface area contributed by atoms with Gasteiger partial charge in [0.1, 0.15) is 0 Å². The first-order valence-electron chi connectivity index (χ1n) is 13.0. The molecule has 0 saturated carbocycles. The smallest absolute Gasteiger partial charge is 0.250 e. The van der Waals surface area contributed by atoms with E-state index >= 15 is 0 Å². The van der Waals surface area contributed by atoms with Gasteiger partial charge in [-0.2, -0.15) is 4.31 Å². The minimum Gasteiger partial charge on any atom is -0.322 e. The predicted octanol–water partition coefficient (Wildman–Crippen LogP) is 6.62. The van der Waals surface area contributed by atoms with Crippen molar-refractivity contribution in [2.75, 3.05) is 12.4 Å². The number of allylic oxidation sites excluding steroid dienone is 1. The highest BCUT2D eigenvalue weighted by atomic mass is 32.2. The fourth-order valence-electron chi connectivity index (χ4n) is 3.82. The van der Waals surface area contributed by atoms with Gasteiger partial charge in [-0.1, -0.05) is 50.3 Å². The first kappa shape index (κ1) is 29.9. The molecule has 8 heteroatoms. The van der Waals surface area contributed by atoms with Crippen LogP contribution in [0.4, 0.5) is 5.69 Å². The van der Waals surface area contributed by atoms with Gasteiger partial charge in [-0.05, 0) is 70.9 Å². The van der Waals surface area contributed by atoms with Gasteiger partial charge in [0.2, 0.25) is 10.0 Å². The van der Waals surface area contributed by atoms with Crippen LogP contribution in [0.2, 0.25) is 0 Å². The van der Waals surface area contributed by atoms with Crippen LogP contribution in [0.15, 0.2) is 77.9 Å². The molecule has 0 unspecified atom stereocenters. The van der Waals surface area contributed by atoms with E-state index in [1.807, 2.05) is 52.0 Å². The molecule has 1 heterocycles. The minimum atomic E-state index is -3.71. The molecular weight excluding hydrogens is 508 g/mol. The van der Waals surface area contributed by atoms with Crippen LogP contribution in [0.5, 0.6) is 0 Å². The number of aromatic nitrogens is 2. The van der Waals surface area contributed by atoms with E-state index in [9.17, 15) is 13.2 Å². The number of anilines is 1. The Morgan fingerprint density at radius 3 is 2.46 bits per heavy atom. The zero-order valence-electron chi connectivity index (χ0n) is 23.9. The van der Waals surface area contributed by atoms with Gasteiger partial charge in [0, 0.05) is 35.0 Å². The Kier molecular flexibility index (Phi) is 9.25. The molecule has 0 fully saturated rings. The third-order valence-electron chi connectivity index (χ3n) is 6.40. The van der Waals surface area contributed by atoms with Crippen LogP contribution < -0.4 is 5.32 Å². The number of amides is 1. The Bertz CT molecular complexity index is 1520. The summed E-state index contributed by atoms with van der Waals surface area (Å²) in [5, 5.41) is 2.84. The van der Waals surface area contributed by atoms with E-state index in [1.165, 1.54) is 4.31 Å². The highest BCUT2D eigenvalue weighted by Gasteiger charge is 2.30. The fourth-order valence-corrected chi connectivity index (χ4v) is 5.38. The van der Waals surface area contributed by atoms with E-state index in [2.05, 4.69) is 29.9 Å². The van der Waals surface area contributed by atoms with Crippen molar-refractivity contribution in [3.8, 4) is 11.3 Å². The maximum Gasteiger partial charge on any atom is 0.250 e. The topological polar surface area (TPSA) is 92.3 Å². The van der Waals surface area contributed by atoms with Gasteiger partial charge in [-0.15, -0.1) is 0 Å². The molecule has 0 radical (unpaired) electrons. The first-order chi connectivity index (χ1) is 18.3. The highest BCUT2D eigenvalue weighted by molar-refractivity contribution is 7.89. The van der Waals surface area contributed by atoms with Crippen molar-refractivity contribution in [2.24, 2.45) is 0 Å². The standard InChI is InChI=1S/C31H38N4O3S/c1-9-10-17-27(23-13-12-16-26(19-23)39(37,38)35(8)31(5,6)7)29-22(4)32-20-28(34-29)24-14-11-15-25(18-24)33-30(36)21(2)3/h11-20H,2,9-10H2,1,3-8H3,(H,33,36)/b27-17-. The lowest BCUT2D eigenvalue weighted by Gasteiger charge is -2.31. The lowest BCUT2D eigenvalue weighted by atomic mass is 9.99. The van der Waals surface area contributed by atoms with Crippen molar-refractivity contribution < 1.29 is 13.2 Å². The molecule has 3 aromatic rings. The average molecular weight is 547 g/mol. The molecule has 2 aromatic carbocycles. The van der Waals surface area contributed by atoms with E-state index in [1.54, 1.807) is 44.4 Å². The second-order valence-corrected chi connectivity index (χ2v) is 12.6. The number of unbranched alkanes of at least 4 members (excludes halogenated alkanes) is 1. The second kappa shape index (κ2) is 12.1. The molecule has 206 valence electrons. The summed E-state index contributed by atoms with van der Waals surface area (Å²) in [6, 6.07) is 14.4. The van der Waals surface area contributed by atoms with Gasteiger partial charge in [0.25, 0.3) is 5.91 Å². The van der Waals surface area contributed by atoms with Crippen molar-refractivity contribution in [3.05, 3.63) is 89.9 Å². The Hall–Kier alpha value is -3.62. The molecule has 0 spiro atoms. The fraction of sp³-hybridized carbons (Fsp3) is 0.323. The zero-order valence-corrected chi connectivity index (χ0v) is 24.7. The number of nitrogens with zero attached hydrogens (tertiary/aromatic N) is 3. The Morgan fingerprint density at radius 1 is 1.13 bits per heavy atom. The number of nitrogens with one attached hydrogen (secondary N) is 1. The van der Waals surface area contributed by atoms with E-state index in [0.29, 0.717) is 22.6 Å². The van der Waals surface area contributed by atoms with Crippen molar-refractivity contribution >= 4 is 27.2 Å². The third-order valence-corrected chi connectivity index (χ3v) is 8.52. The summed E-state index contributed by atoms with van der Waals surface area (Å²) in [6.45, 7) is 14.9. The SMILES string of the molecule is C=C(C)C(=O)Nc1cccc(-c2cnc(C)c(/C(=C\CCC)c3cccc(S(=O)(=O)N(C)C(C)(C)C)c3)n2)c1. The number of aryl methyl sites for hydroxylation is 1. The number of sulfonamides is 1. The lowest BCUT2D eigenvalue weighted by Crippen LogP contribution is -2.42. The lowest BCUT2D eigenvalue weighted by molar-refractivity contribution is -0.112. The molecule has 0 aliphatic carbocycles. The quantitative estimate of drug-likeness (QED) is 0.305. The Balaban J connectivity index is 2.10. The summed E-state index contributed by atoms with van der Waals surface area (Å²) in [4.78, 5) is 21.9. The normalized spacial score (nSPS) is 12.5. The van der Waals surface area contributed by atoms with Crippen LogP contribution in [-0.2, 0) is 14.8 Å². The van der Waals surface area contributed by atoms with Crippen LogP contribution in [0.3, 0.4) is 0 Å². The monoisotopic (exact) mass is 546 g/mol. The molecule has 39 heavy (non-hydrogen) atoms. The van der Waals surface area contributed by atoms with Crippen LogP contribution in [0, 0.1) is 6.92 Å². The number of carbonyl (C=O) groups is 1. The molecule has 0 aliphatic heterocycles. The third kappa shape index (κ3) is 7.07. The molecule has 7 nitrogen and oxygen atoms in total. The molecule has 1 N–H and O–H groups in total. The van der Waals surface area contributed by atoms with Crippen LogP contribution >= 0.6 is 0 Å². The summed E-state index contributed by atoms with van der Waals surface area (Å²) in [6.07, 6.45) is 5.51. The van der Waals surface area contributed by atoms with E-state index < -0.39 is 15.6 Å². The number of hydrogen-bond acceptors (Lipinski definition) is 5. The predicted molar refractivity (Wildman–Crippen MR) is 159 cm³/mol. The van der Waals surface area contributed by atoms with E-state index in [-0.39, 0.29) is 10.8 Å². The number of carbonyl (C=O) groups excluding carboxylic acids is 1. The van der Waals surface area contributed by atoms with Gasteiger partial charge >= 0.3 is 0 Å². The van der Waals surface area contributed by atoms with Crippen LogP contribution in [-0.4, -0.2) is 41.2 Å². The number of hydrogen-bond donors (Lipinski definition) is 1. The summed E-state index contributed by atoms with van der Waals surface area (Å²) in [5.41, 5.74) is 4.90.